The highest BCUT2D eigenvalue weighted by atomic mass is 16.5. The van der Waals surface area contributed by atoms with Crippen molar-refractivity contribution >= 4 is 16.9 Å². The lowest BCUT2D eigenvalue weighted by Crippen LogP contribution is -2.05. The number of ether oxygens (including phenoxy) is 2. The van der Waals surface area contributed by atoms with Gasteiger partial charge in [-0.3, -0.25) is 4.79 Å². The molecular formula is C31H31NO4. The van der Waals surface area contributed by atoms with Gasteiger partial charge in [0.15, 0.2) is 0 Å². The minimum Gasteiger partial charge on any atom is -0.489 e. The van der Waals surface area contributed by atoms with Crippen LogP contribution in [0.5, 0.6) is 5.75 Å². The molecule has 0 fully saturated rings. The van der Waals surface area contributed by atoms with Crippen LogP contribution < -0.4 is 4.74 Å². The third-order valence-corrected chi connectivity index (χ3v) is 6.33. The Bertz CT molecular complexity index is 1410. The summed E-state index contributed by atoms with van der Waals surface area (Å²) in [6.07, 6.45) is 2.12. The molecule has 1 N–H and O–H groups in total. The minimum atomic E-state index is -0.860. The highest BCUT2D eigenvalue weighted by Crippen LogP contribution is 2.27. The first-order valence-corrected chi connectivity index (χ1v) is 12.0. The highest BCUT2D eigenvalue weighted by Gasteiger charge is 2.14. The topological polar surface area (TPSA) is 60.7 Å². The van der Waals surface area contributed by atoms with Crippen molar-refractivity contribution in [1.29, 1.82) is 0 Å². The summed E-state index contributed by atoms with van der Waals surface area (Å²) < 4.78 is 13.7. The normalized spacial score (nSPS) is 11.6. The van der Waals surface area contributed by atoms with Gasteiger partial charge >= 0.3 is 5.97 Å². The van der Waals surface area contributed by atoms with Crippen molar-refractivity contribution in [3.63, 3.8) is 0 Å². The molecule has 0 spiro atoms. The maximum Gasteiger partial charge on any atom is 0.304 e. The van der Waals surface area contributed by atoms with Crippen LogP contribution in [0.25, 0.3) is 10.9 Å². The zero-order valence-corrected chi connectivity index (χ0v) is 21.0. The number of aryl methyl sites for hydroxylation is 1. The Morgan fingerprint density at radius 3 is 2.53 bits per heavy atom. The molecule has 0 aliphatic rings. The van der Waals surface area contributed by atoms with Crippen LogP contribution in [0.1, 0.15) is 47.1 Å². The first-order chi connectivity index (χ1) is 17.5. The predicted molar refractivity (Wildman–Crippen MR) is 142 cm³/mol. The van der Waals surface area contributed by atoms with Crippen molar-refractivity contribution < 1.29 is 19.4 Å². The number of carbonyl (C=O) groups is 1. The number of carboxylic acids is 1. The van der Waals surface area contributed by atoms with E-state index in [-0.39, 0.29) is 12.3 Å². The van der Waals surface area contributed by atoms with Gasteiger partial charge in [0.05, 0.1) is 24.5 Å². The Hall–Kier alpha value is -4.01. The van der Waals surface area contributed by atoms with E-state index < -0.39 is 5.97 Å². The Morgan fingerprint density at radius 2 is 1.81 bits per heavy atom. The van der Waals surface area contributed by atoms with Gasteiger partial charge in [0.25, 0.3) is 0 Å². The van der Waals surface area contributed by atoms with Crippen molar-refractivity contribution in [1.82, 2.24) is 4.57 Å². The Balaban J connectivity index is 1.50. The first-order valence-electron chi connectivity index (χ1n) is 12.0. The molecule has 0 aliphatic carbocycles. The number of hydrogen-bond acceptors (Lipinski definition) is 3. The number of methoxy groups -OCH3 is 1. The van der Waals surface area contributed by atoms with E-state index in [9.17, 15) is 4.79 Å². The van der Waals surface area contributed by atoms with Gasteiger partial charge in [-0.15, -0.1) is 5.92 Å². The molecule has 5 heteroatoms. The van der Waals surface area contributed by atoms with Crippen molar-refractivity contribution in [2.24, 2.45) is 0 Å². The number of nitrogens with zero attached hydrogens (tertiary/aromatic N) is 1. The molecule has 4 rings (SSSR count). The molecule has 1 atom stereocenters. The monoisotopic (exact) mass is 481 g/mol. The van der Waals surface area contributed by atoms with Gasteiger partial charge in [-0.1, -0.05) is 54.5 Å². The lowest BCUT2D eigenvalue weighted by molar-refractivity contribution is -0.137. The fraction of sp³-hybridized carbons (Fsp3) is 0.258. The van der Waals surface area contributed by atoms with Gasteiger partial charge in [-0.2, -0.15) is 0 Å². The molecule has 4 aromatic rings. The van der Waals surface area contributed by atoms with Gasteiger partial charge in [0.2, 0.25) is 0 Å². The SMILES string of the molecule is CC#C[C@@H](CC(=O)O)c1ccc(OCc2ccc3ccn(Cc4cccc(COC)c4)c3c2C)cc1. The van der Waals surface area contributed by atoms with Gasteiger partial charge in [0, 0.05) is 19.9 Å². The average Bonchev–Trinajstić information content (AvgIpc) is 3.27. The van der Waals surface area contributed by atoms with Gasteiger partial charge in [-0.05, 0) is 65.3 Å². The number of aromatic nitrogens is 1. The zero-order chi connectivity index (χ0) is 25.5. The smallest absolute Gasteiger partial charge is 0.304 e. The quantitative estimate of drug-likeness (QED) is 0.270. The first kappa shape index (κ1) is 25.1. The summed E-state index contributed by atoms with van der Waals surface area (Å²) in [5.74, 6) is 5.36. The van der Waals surface area contributed by atoms with Crippen LogP contribution in [0.15, 0.2) is 72.9 Å². The molecule has 36 heavy (non-hydrogen) atoms. The second kappa shape index (κ2) is 11.6. The molecule has 0 aliphatic heterocycles. The van der Waals surface area contributed by atoms with E-state index in [1.807, 2.05) is 24.3 Å². The molecule has 1 heterocycles. The number of carboxylic acid groups (broad SMARTS) is 1. The van der Waals surface area contributed by atoms with Crippen molar-refractivity contribution in [2.45, 2.75) is 45.9 Å². The van der Waals surface area contributed by atoms with Crippen LogP contribution in [-0.4, -0.2) is 22.8 Å². The van der Waals surface area contributed by atoms with Crippen molar-refractivity contribution in [3.8, 4) is 17.6 Å². The third-order valence-electron chi connectivity index (χ3n) is 6.33. The van der Waals surface area contributed by atoms with Gasteiger partial charge < -0.3 is 19.1 Å². The molecule has 5 nitrogen and oxygen atoms in total. The predicted octanol–water partition coefficient (Wildman–Crippen LogP) is 6.31. The number of fused-ring (bicyclic) bond motifs is 1. The summed E-state index contributed by atoms with van der Waals surface area (Å²) in [4.78, 5) is 11.2. The summed E-state index contributed by atoms with van der Waals surface area (Å²) in [5, 5.41) is 10.4. The Morgan fingerprint density at radius 1 is 1.03 bits per heavy atom. The third kappa shape index (κ3) is 5.97. The molecule has 0 saturated carbocycles. The van der Waals surface area contributed by atoms with E-state index in [0.717, 1.165) is 23.4 Å². The fourth-order valence-electron chi connectivity index (χ4n) is 4.55. The van der Waals surface area contributed by atoms with E-state index in [1.54, 1.807) is 14.0 Å². The second-order valence-corrected chi connectivity index (χ2v) is 8.89. The molecule has 0 saturated heterocycles. The molecule has 1 aromatic heterocycles. The highest BCUT2D eigenvalue weighted by molar-refractivity contribution is 5.84. The molecule has 184 valence electrons. The molecule has 0 unspecified atom stereocenters. The number of hydrogen-bond donors (Lipinski definition) is 1. The lowest BCUT2D eigenvalue weighted by Gasteiger charge is -2.14. The average molecular weight is 482 g/mol. The van der Waals surface area contributed by atoms with Crippen LogP contribution in [0.3, 0.4) is 0 Å². The maximum atomic E-state index is 11.2. The zero-order valence-electron chi connectivity index (χ0n) is 21.0. The van der Waals surface area contributed by atoms with Gasteiger partial charge in [-0.25, -0.2) is 0 Å². The summed E-state index contributed by atoms with van der Waals surface area (Å²) in [6.45, 7) is 5.70. The number of aliphatic carboxylic acids is 1. The summed E-state index contributed by atoms with van der Waals surface area (Å²) >= 11 is 0. The number of benzene rings is 3. The van der Waals surface area contributed by atoms with E-state index in [1.165, 1.54) is 27.6 Å². The standard InChI is InChI=1S/C31H31NO4/c1-4-6-27(18-30(33)34)25-11-13-29(14-12-25)36-21-28-10-9-26-15-16-32(31(26)22(28)2)19-23-7-5-8-24(17-23)20-35-3/h5,7-17,27H,18-21H2,1-3H3,(H,33,34)/t27-/m0/s1. The summed E-state index contributed by atoms with van der Waals surface area (Å²) in [7, 11) is 1.71. The lowest BCUT2D eigenvalue weighted by atomic mass is 9.96. The van der Waals surface area contributed by atoms with Crippen molar-refractivity contribution in [3.05, 3.63) is 101 Å². The van der Waals surface area contributed by atoms with Crippen LogP contribution in [0.4, 0.5) is 0 Å². The van der Waals surface area contributed by atoms with Crippen LogP contribution in [0.2, 0.25) is 0 Å². The largest absolute Gasteiger partial charge is 0.489 e. The van der Waals surface area contributed by atoms with Crippen LogP contribution >= 0.6 is 0 Å². The van der Waals surface area contributed by atoms with E-state index in [2.05, 4.69) is 72.0 Å². The summed E-state index contributed by atoms with van der Waals surface area (Å²) in [5.41, 5.74) is 6.81. The number of rotatable bonds is 10. The molecule has 0 bridgehead atoms. The molecule has 0 amide bonds. The maximum absolute atomic E-state index is 11.2. The molecule has 0 radical (unpaired) electrons. The van der Waals surface area contributed by atoms with E-state index >= 15 is 0 Å². The van der Waals surface area contributed by atoms with Crippen LogP contribution in [0, 0.1) is 18.8 Å². The molecular weight excluding hydrogens is 450 g/mol. The Labute approximate surface area is 212 Å². The minimum absolute atomic E-state index is 0.0173. The van der Waals surface area contributed by atoms with E-state index in [0.29, 0.717) is 13.2 Å². The van der Waals surface area contributed by atoms with Gasteiger partial charge in [0.1, 0.15) is 12.4 Å². The summed E-state index contributed by atoms with van der Waals surface area (Å²) in [6, 6.07) is 22.4. The van der Waals surface area contributed by atoms with E-state index in [4.69, 9.17) is 14.6 Å². The fourth-order valence-corrected chi connectivity index (χ4v) is 4.55. The molecule has 3 aromatic carbocycles. The van der Waals surface area contributed by atoms with Crippen molar-refractivity contribution in [2.75, 3.05) is 7.11 Å². The Kier molecular flexibility index (Phi) is 8.10. The van der Waals surface area contributed by atoms with Crippen LogP contribution in [-0.2, 0) is 29.3 Å². The second-order valence-electron chi connectivity index (χ2n) is 8.89.